The molecule has 0 unspecified atom stereocenters. The van der Waals surface area contributed by atoms with Crippen LogP contribution in [0.1, 0.15) is 31.0 Å². The van der Waals surface area contributed by atoms with Gasteiger partial charge in [0.1, 0.15) is 11.8 Å². The first-order chi connectivity index (χ1) is 11.3. The zero-order chi connectivity index (χ0) is 16.1. The molecule has 0 spiro atoms. The predicted octanol–water partition coefficient (Wildman–Crippen LogP) is 3.54. The summed E-state index contributed by atoms with van der Waals surface area (Å²) in [6, 6.07) is 14.1. The van der Waals surface area contributed by atoms with Gasteiger partial charge in [-0.3, -0.25) is 4.98 Å². The van der Waals surface area contributed by atoms with Gasteiger partial charge in [0.15, 0.2) is 5.69 Å². The van der Waals surface area contributed by atoms with E-state index >= 15 is 0 Å². The maximum atomic E-state index is 9.30. The molecular weight excluding hydrogens is 286 g/mol. The predicted molar refractivity (Wildman–Crippen MR) is 87.9 cm³/mol. The molecule has 5 nitrogen and oxygen atoms in total. The van der Waals surface area contributed by atoms with Crippen molar-refractivity contribution >= 4 is 0 Å². The highest BCUT2D eigenvalue weighted by molar-refractivity contribution is 5.66. The molecule has 0 amide bonds. The van der Waals surface area contributed by atoms with Gasteiger partial charge >= 0.3 is 0 Å². The largest absolute Gasteiger partial charge is 0.265 e. The van der Waals surface area contributed by atoms with Gasteiger partial charge in [-0.1, -0.05) is 30.7 Å². The van der Waals surface area contributed by atoms with Crippen LogP contribution in [0.2, 0.25) is 0 Å². The van der Waals surface area contributed by atoms with Crippen LogP contribution < -0.4 is 0 Å². The van der Waals surface area contributed by atoms with Gasteiger partial charge in [0, 0.05) is 18.0 Å². The lowest BCUT2D eigenvalue weighted by Gasteiger charge is -2.07. The van der Waals surface area contributed by atoms with Gasteiger partial charge in [0.25, 0.3) is 0 Å². The van der Waals surface area contributed by atoms with Crippen LogP contribution in [0.4, 0.5) is 0 Å². The SMILES string of the molecule is CCCCc1ccc(-n2nnc(C#N)c2-c2ccncc2)cc1. The third-order valence-corrected chi connectivity index (χ3v) is 3.73. The van der Waals surface area contributed by atoms with E-state index in [1.807, 2.05) is 24.3 Å². The third-order valence-electron chi connectivity index (χ3n) is 3.73. The van der Waals surface area contributed by atoms with Crippen LogP contribution in [0, 0.1) is 11.3 Å². The Morgan fingerprint density at radius 1 is 1.09 bits per heavy atom. The molecule has 0 N–H and O–H groups in total. The molecule has 0 fully saturated rings. The minimum atomic E-state index is 0.311. The van der Waals surface area contributed by atoms with Gasteiger partial charge in [0.2, 0.25) is 0 Å². The quantitative estimate of drug-likeness (QED) is 0.723. The monoisotopic (exact) mass is 303 g/mol. The first-order valence-electron chi connectivity index (χ1n) is 7.69. The summed E-state index contributed by atoms with van der Waals surface area (Å²) in [7, 11) is 0. The van der Waals surface area contributed by atoms with Crippen molar-refractivity contribution < 1.29 is 0 Å². The number of hydrogen-bond acceptors (Lipinski definition) is 4. The Labute approximate surface area is 135 Å². The van der Waals surface area contributed by atoms with Crippen molar-refractivity contribution in [1.29, 1.82) is 5.26 Å². The Hall–Kier alpha value is -3.00. The molecule has 3 aromatic rings. The lowest BCUT2D eigenvalue weighted by molar-refractivity contribution is 0.789. The fourth-order valence-corrected chi connectivity index (χ4v) is 2.49. The van der Waals surface area contributed by atoms with E-state index < -0.39 is 0 Å². The van der Waals surface area contributed by atoms with Crippen molar-refractivity contribution in [2.24, 2.45) is 0 Å². The second-order valence-electron chi connectivity index (χ2n) is 5.32. The fraction of sp³-hybridized carbons (Fsp3) is 0.222. The van der Waals surface area contributed by atoms with E-state index in [4.69, 9.17) is 0 Å². The number of unbranched alkanes of at least 4 members (excludes halogenated alkanes) is 1. The van der Waals surface area contributed by atoms with Crippen molar-refractivity contribution in [2.45, 2.75) is 26.2 Å². The number of hydrogen-bond donors (Lipinski definition) is 0. The topological polar surface area (TPSA) is 67.4 Å². The van der Waals surface area contributed by atoms with Gasteiger partial charge < -0.3 is 0 Å². The van der Waals surface area contributed by atoms with Crippen molar-refractivity contribution in [3.63, 3.8) is 0 Å². The zero-order valence-electron chi connectivity index (χ0n) is 13.0. The second kappa shape index (κ2) is 6.84. The Bertz CT molecular complexity index is 813. The second-order valence-corrected chi connectivity index (χ2v) is 5.32. The highest BCUT2D eigenvalue weighted by Gasteiger charge is 2.15. The van der Waals surface area contributed by atoms with Gasteiger partial charge in [-0.25, -0.2) is 4.68 Å². The normalized spacial score (nSPS) is 10.4. The number of benzene rings is 1. The molecule has 0 atom stereocenters. The van der Waals surface area contributed by atoms with Gasteiger partial charge in [-0.2, -0.15) is 5.26 Å². The summed E-state index contributed by atoms with van der Waals surface area (Å²) < 4.78 is 1.71. The number of aromatic nitrogens is 4. The standard InChI is InChI=1S/C18H17N5/c1-2-3-4-14-5-7-16(8-6-14)23-18(17(13-19)21-22-23)15-9-11-20-12-10-15/h5-12H,2-4H2,1H3. The first-order valence-corrected chi connectivity index (χ1v) is 7.69. The van der Waals surface area contributed by atoms with Crippen LogP contribution in [0.25, 0.3) is 16.9 Å². The van der Waals surface area contributed by atoms with Crippen LogP contribution in [0.3, 0.4) is 0 Å². The van der Waals surface area contributed by atoms with Crippen molar-refractivity contribution in [1.82, 2.24) is 20.0 Å². The summed E-state index contributed by atoms with van der Waals surface area (Å²) >= 11 is 0. The van der Waals surface area contributed by atoms with Crippen molar-refractivity contribution in [3.8, 4) is 23.0 Å². The Kier molecular flexibility index (Phi) is 4.44. The van der Waals surface area contributed by atoms with Gasteiger partial charge in [-0.05, 0) is 42.7 Å². The summed E-state index contributed by atoms with van der Waals surface area (Å²) in [4.78, 5) is 4.02. The van der Waals surface area contributed by atoms with E-state index in [1.54, 1.807) is 17.1 Å². The number of nitriles is 1. The number of aryl methyl sites for hydroxylation is 1. The Morgan fingerprint density at radius 2 is 1.83 bits per heavy atom. The molecular formula is C18H17N5. The van der Waals surface area contributed by atoms with Gasteiger partial charge in [-0.15, -0.1) is 5.10 Å². The fourth-order valence-electron chi connectivity index (χ4n) is 2.49. The first kappa shape index (κ1) is 14.9. The zero-order valence-corrected chi connectivity index (χ0v) is 13.0. The maximum Gasteiger partial charge on any atom is 0.191 e. The van der Waals surface area contributed by atoms with Crippen LogP contribution in [-0.4, -0.2) is 20.0 Å². The minimum Gasteiger partial charge on any atom is -0.265 e. The molecule has 0 bridgehead atoms. The highest BCUT2D eigenvalue weighted by Crippen LogP contribution is 2.24. The minimum absolute atomic E-state index is 0.311. The highest BCUT2D eigenvalue weighted by atomic mass is 15.4. The Balaban J connectivity index is 2.01. The van der Waals surface area contributed by atoms with E-state index in [0.717, 1.165) is 17.7 Å². The van der Waals surface area contributed by atoms with Crippen LogP contribution in [0.5, 0.6) is 0 Å². The molecule has 2 aromatic heterocycles. The molecule has 23 heavy (non-hydrogen) atoms. The van der Waals surface area contributed by atoms with E-state index in [2.05, 4.69) is 40.4 Å². The molecule has 3 rings (SSSR count). The summed E-state index contributed by atoms with van der Waals surface area (Å²) in [5, 5.41) is 17.4. The van der Waals surface area contributed by atoms with E-state index in [-0.39, 0.29) is 0 Å². The lowest BCUT2D eigenvalue weighted by atomic mass is 10.1. The molecule has 0 radical (unpaired) electrons. The molecule has 2 heterocycles. The van der Waals surface area contributed by atoms with Crippen molar-refractivity contribution in [2.75, 3.05) is 0 Å². The maximum absolute atomic E-state index is 9.30. The average molecular weight is 303 g/mol. The summed E-state index contributed by atoms with van der Waals surface area (Å²) in [6.07, 6.45) is 6.84. The Morgan fingerprint density at radius 3 is 2.48 bits per heavy atom. The molecule has 0 aliphatic heterocycles. The molecule has 5 heteroatoms. The third kappa shape index (κ3) is 3.11. The van der Waals surface area contributed by atoms with E-state index in [0.29, 0.717) is 11.4 Å². The van der Waals surface area contributed by atoms with Gasteiger partial charge in [0.05, 0.1) is 5.69 Å². The smallest absolute Gasteiger partial charge is 0.191 e. The van der Waals surface area contributed by atoms with Crippen molar-refractivity contribution in [3.05, 3.63) is 60.0 Å². The van der Waals surface area contributed by atoms with Crippen LogP contribution in [-0.2, 0) is 6.42 Å². The molecule has 0 aliphatic carbocycles. The van der Waals surface area contributed by atoms with Crippen LogP contribution >= 0.6 is 0 Å². The number of rotatable bonds is 5. The molecule has 1 aromatic carbocycles. The summed E-state index contributed by atoms with van der Waals surface area (Å²) in [5.74, 6) is 0. The molecule has 0 saturated carbocycles. The molecule has 0 aliphatic rings. The van der Waals surface area contributed by atoms with E-state index in [1.165, 1.54) is 18.4 Å². The van der Waals surface area contributed by atoms with Crippen LogP contribution in [0.15, 0.2) is 48.8 Å². The summed E-state index contributed by atoms with van der Waals surface area (Å²) in [6.45, 7) is 2.19. The van der Waals surface area contributed by atoms with E-state index in [9.17, 15) is 5.26 Å². The molecule has 114 valence electrons. The lowest BCUT2D eigenvalue weighted by Crippen LogP contribution is -2.00. The average Bonchev–Trinajstić information content (AvgIpc) is 3.05. The number of nitrogens with zero attached hydrogens (tertiary/aromatic N) is 5. The summed E-state index contributed by atoms with van der Waals surface area (Å²) in [5.41, 5.74) is 4.08. The molecule has 0 saturated heterocycles. The number of pyridine rings is 1.